The number of carboxylic acids is 1. The first-order valence-electron chi connectivity index (χ1n) is 8.36. The molecule has 0 heterocycles. The number of amides is 2. The quantitative estimate of drug-likeness (QED) is 0.679. The standard InChI is InChI=1S/C20H22N2O4/c1-14(23)21-18(16-5-3-2-4-6-16)13-19(24)22-17-10-7-15(8-11-17)9-12-20(25)26/h2-8,10-11,18H,9,12-13H2,1H3,(H,21,23)(H,22,24)(H,25,26). The first kappa shape index (κ1) is 19.2. The highest BCUT2D eigenvalue weighted by atomic mass is 16.4. The molecule has 0 fully saturated rings. The van der Waals surface area contributed by atoms with E-state index in [1.54, 1.807) is 24.3 Å². The van der Waals surface area contributed by atoms with Gasteiger partial charge >= 0.3 is 5.97 Å². The Morgan fingerprint density at radius 2 is 1.65 bits per heavy atom. The fourth-order valence-corrected chi connectivity index (χ4v) is 2.59. The summed E-state index contributed by atoms with van der Waals surface area (Å²) in [7, 11) is 0. The Balaban J connectivity index is 1.97. The number of hydrogen-bond acceptors (Lipinski definition) is 3. The maximum absolute atomic E-state index is 12.3. The normalized spacial score (nSPS) is 11.4. The molecule has 1 atom stereocenters. The molecule has 0 aromatic heterocycles. The second-order valence-electron chi connectivity index (χ2n) is 6.01. The summed E-state index contributed by atoms with van der Waals surface area (Å²) in [5, 5.41) is 14.3. The van der Waals surface area contributed by atoms with Crippen LogP contribution in [0.3, 0.4) is 0 Å². The van der Waals surface area contributed by atoms with Gasteiger partial charge in [-0.1, -0.05) is 42.5 Å². The van der Waals surface area contributed by atoms with Crippen LogP contribution in [0.5, 0.6) is 0 Å². The van der Waals surface area contributed by atoms with E-state index in [1.165, 1.54) is 6.92 Å². The lowest BCUT2D eigenvalue weighted by molar-refractivity contribution is -0.137. The van der Waals surface area contributed by atoms with Crippen molar-refractivity contribution in [3.05, 3.63) is 65.7 Å². The third-order valence-electron chi connectivity index (χ3n) is 3.83. The lowest BCUT2D eigenvalue weighted by Crippen LogP contribution is -2.29. The Labute approximate surface area is 152 Å². The summed E-state index contributed by atoms with van der Waals surface area (Å²) < 4.78 is 0. The van der Waals surface area contributed by atoms with Crippen LogP contribution in [-0.2, 0) is 20.8 Å². The van der Waals surface area contributed by atoms with E-state index in [0.29, 0.717) is 12.1 Å². The Morgan fingerprint density at radius 3 is 2.23 bits per heavy atom. The minimum Gasteiger partial charge on any atom is -0.481 e. The second-order valence-corrected chi connectivity index (χ2v) is 6.01. The first-order chi connectivity index (χ1) is 12.4. The van der Waals surface area contributed by atoms with Crippen molar-refractivity contribution in [3.63, 3.8) is 0 Å². The van der Waals surface area contributed by atoms with Gasteiger partial charge in [0.05, 0.1) is 12.5 Å². The van der Waals surface area contributed by atoms with Crippen LogP contribution >= 0.6 is 0 Å². The van der Waals surface area contributed by atoms with E-state index in [9.17, 15) is 14.4 Å². The minimum atomic E-state index is -0.840. The summed E-state index contributed by atoms with van der Waals surface area (Å²) in [6.45, 7) is 1.42. The van der Waals surface area contributed by atoms with Gasteiger partial charge < -0.3 is 15.7 Å². The molecule has 0 saturated carbocycles. The molecule has 26 heavy (non-hydrogen) atoms. The van der Waals surface area contributed by atoms with Crippen LogP contribution < -0.4 is 10.6 Å². The zero-order valence-electron chi connectivity index (χ0n) is 14.6. The molecule has 0 radical (unpaired) electrons. The number of carbonyl (C=O) groups excluding carboxylic acids is 2. The number of nitrogens with one attached hydrogen (secondary N) is 2. The van der Waals surface area contributed by atoms with Gasteiger partial charge in [0.15, 0.2) is 0 Å². The Hall–Kier alpha value is -3.15. The highest BCUT2D eigenvalue weighted by Gasteiger charge is 2.17. The van der Waals surface area contributed by atoms with Gasteiger partial charge in [-0.3, -0.25) is 14.4 Å². The molecule has 0 saturated heterocycles. The molecule has 0 spiro atoms. The largest absolute Gasteiger partial charge is 0.481 e. The molecule has 6 nitrogen and oxygen atoms in total. The van der Waals surface area contributed by atoms with Crippen molar-refractivity contribution in [3.8, 4) is 0 Å². The Morgan fingerprint density at radius 1 is 1.00 bits per heavy atom. The predicted octanol–water partition coefficient (Wildman–Crippen LogP) is 2.91. The number of hydrogen-bond donors (Lipinski definition) is 3. The SMILES string of the molecule is CC(=O)NC(CC(=O)Nc1ccc(CCC(=O)O)cc1)c1ccccc1. The van der Waals surface area contributed by atoms with Crippen molar-refractivity contribution >= 4 is 23.5 Å². The molecule has 2 aromatic carbocycles. The van der Waals surface area contributed by atoms with Gasteiger partial charge in [-0.05, 0) is 29.7 Å². The van der Waals surface area contributed by atoms with E-state index in [-0.39, 0.29) is 24.7 Å². The molecule has 0 bridgehead atoms. The van der Waals surface area contributed by atoms with Crippen LogP contribution in [0.2, 0.25) is 0 Å². The molecule has 1 unspecified atom stereocenters. The van der Waals surface area contributed by atoms with Crippen LogP contribution in [0, 0.1) is 0 Å². The molecule has 6 heteroatoms. The van der Waals surface area contributed by atoms with E-state index in [0.717, 1.165) is 11.1 Å². The summed E-state index contributed by atoms with van der Waals surface area (Å²) >= 11 is 0. The highest BCUT2D eigenvalue weighted by Crippen LogP contribution is 2.18. The zero-order chi connectivity index (χ0) is 18.9. The van der Waals surface area contributed by atoms with Crippen molar-refractivity contribution in [2.45, 2.75) is 32.2 Å². The van der Waals surface area contributed by atoms with Crippen LogP contribution in [0.25, 0.3) is 0 Å². The van der Waals surface area contributed by atoms with Crippen molar-refractivity contribution in [1.29, 1.82) is 0 Å². The van der Waals surface area contributed by atoms with E-state index in [1.807, 2.05) is 30.3 Å². The third kappa shape index (κ3) is 6.39. The lowest BCUT2D eigenvalue weighted by atomic mass is 10.0. The van der Waals surface area contributed by atoms with E-state index >= 15 is 0 Å². The maximum Gasteiger partial charge on any atom is 0.303 e. The predicted molar refractivity (Wildman–Crippen MR) is 98.6 cm³/mol. The summed E-state index contributed by atoms with van der Waals surface area (Å²) in [4.78, 5) is 34.4. The number of anilines is 1. The minimum absolute atomic E-state index is 0.0706. The summed E-state index contributed by atoms with van der Waals surface area (Å²) in [6.07, 6.45) is 0.633. The van der Waals surface area contributed by atoms with Gasteiger partial charge in [-0.25, -0.2) is 0 Å². The smallest absolute Gasteiger partial charge is 0.303 e. The molecule has 0 aliphatic heterocycles. The summed E-state index contributed by atoms with van der Waals surface area (Å²) in [5.74, 6) is -1.26. The molecule has 2 aromatic rings. The molecular formula is C20H22N2O4. The van der Waals surface area contributed by atoms with Gasteiger partial charge in [-0.15, -0.1) is 0 Å². The number of aryl methyl sites for hydroxylation is 1. The van der Waals surface area contributed by atoms with E-state index < -0.39 is 12.0 Å². The Bertz CT molecular complexity index is 757. The van der Waals surface area contributed by atoms with Gasteiger partial charge in [0.1, 0.15) is 0 Å². The fraction of sp³-hybridized carbons (Fsp3) is 0.250. The average molecular weight is 354 g/mol. The van der Waals surface area contributed by atoms with Crippen molar-refractivity contribution < 1.29 is 19.5 Å². The molecule has 2 amide bonds. The highest BCUT2D eigenvalue weighted by molar-refractivity contribution is 5.91. The van der Waals surface area contributed by atoms with Crippen LogP contribution in [0.15, 0.2) is 54.6 Å². The zero-order valence-corrected chi connectivity index (χ0v) is 14.6. The molecular weight excluding hydrogens is 332 g/mol. The first-order valence-corrected chi connectivity index (χ1v) is 8.36. The Kier molecular flexibility index (Phi) is 6.91. The van der Waals surface area contributed by atoms with Gasteiger partial charge in [0.25, 0.3) is 0 Å². The number of rotatable bonds is 8. The molecule has 136 valence electrons. The molecule has 2 rings (SSSR count). The van der Waals surface area contributed by atoms with E-state index in [2.05, 4.69) is 10.6 Å². The monoisotopic (exact) mass is 354 g/mol. The van der Waals surface area contributed by atoms with Crippen molar-refractivity contribution in [2.24, 2.45) is 0 Å². The number of aliphatic carboxylic acids is 1. The maximum atomic E-state index is 12.3. The second kappa shape index (κ2) is 9.36. The van der Waals surface area contributed by atoms with Gasteiger partial charge in [0.2, 0.25) is 11.8 Å². The van der Waals surface area contributed by atoms with Crippen LogP contribution in [0.4, 0.5) is 5.69 Å². The fourth-order valence-electron chi connectivity index (χ4n) is 2.59. The van der Waals surface area contributed by atoms with Crippen molar-refractivity contribution in [2.75, 3.05) is 5.32 Å². The van der Waals surface area contributed by atoms with Crippen molar-refractivity contribution in [1.82, 2.24) is 5.32 Å². The van der Waals surface area contributed by atoms with Crippen LogP contribution in [0.1, 0.15) is 36.9 Å². The number of carboxylic acid groups (broad SMARTS) is 1. The third-order valence-corrected chi connectivity index (χ3v) is 3.83. The van der Waals surface area contributed by atoms with Crippen LogP contribution in [-0.4, -0.2) is 22.9 Å². The molecule has 0 aliphatic rings. The molecule has 0 aliphatic carbocycles. The van der Waals surface area contributed by atoms with Gasteiger partial charge in [-0.2, -0.15) is 0 Å². The summed E-state index contributed by atoms with van der Waals surface area (Å²) in [6, 6.07) is 16.0. The molecule has 3 N–H and O–H groups in total. The summed E-state index contributed by atoms with van der Waals surface area (Å²) in [5.41, 5.74) is 2.39. The average Bonchev–Trinajstić information content (AvgIpc) is 2.61. The van der Waals surface area contributed by atoms with Gasteiger partial charge in [0, 0.05) is 19.0 Å². The topological polar surface area (TPSA) is 95.5 Å². The van der Waals surface area contributed by atoms with E-state index in [4.69, 9.17) is 5.11 Å². The lowest BCUT2D eigenvalue weighted by Gasteiger charge is -2.18. The number of carbonyl (C=O) groups is 3. The number of benzene rings is 2.